The van der Waals surface area contributed by atoms with Crippen LogP contribution in [0.2, 0.25) is 0 Å². The maximum Gasteiger partial charge on any atom is 0.287 e. The highest BCUT2D eigenvalue weighted by molar-refractivity contribution is 6.38. The summed E-state index contributed by atoms with van der Waals surface area (Å²) in [6.07, 6.45) is 6.41. The Morgan fingerprint density at radius 3 is 2.62 bits per heavy atom. The maximum atomic E-state index is 12.7. The summed E-state index contributed by atoms with van der Waals surface area (Å²) >= 11 is 0. The number of para-hydroxylation sites is 1. The molecule has 2 aromatic heterocycles. The van der Waals surface area contributed by atoms with Crippen LogP contribution in [-0.2, 0) is 16.0 Å². The third-order valence-electron chi connectivity index (χ3n) is 3.87. The molecular formula is C18H17N5O3. The van der Waals surface area contributed by atoms with Crippen molar-refractivity contribution in [2.45, 2.75) is 12.5 Å². The summed E-state index contributed by atoms with van der Waals surface area (Å²) in [5.74, 6) is -2.48. The number of aromatic nitrogens is 3. The molecule has 3 aromatic rings. The predicted molar refractivity (Wildman–Crippen MR) is 93.5 cm³/mol. The first-order valence-electron chi connectivity index (χ1n) is 7.90. The molecule has 8 nitrogen and oxygen atoms in total. The van der Waals surface area contributed by atoms with Crippen LogP contribution in [0.25, 0.3) is 5.69 Å². The molecule has 0 saturated heterocycles. The van der Waals surface area contributed by atoms with Crippen molar-refractivity contribution < 1.29 is 14.4 Å². The van der Waals surface area contributed by atoms with Gasteiger partial charge in [0.2, 0.25) is 5.78 Å². The molecule has 4 N–H and O–H groups in total. The van der Waals surface area contributed by atoms with E-state index in [2.05, 4.69) is 15.3 Å². The molecule has 0 radical (unpaired) electrons. The number of carbonyl (C=O) groups excluding carboxylic acids is 3. The Bertz CT molecular complexity index is 915. The number of aromatic amines is 1. The van der Waals surface area contributed by atoms with Gasteiger partial charge >= 0.3 is 0 Å². The number of Topliss-reactive ketones (excluding diaryl/α,β-unsaturated/α-hetero) is 1. The lowest BCUT2D eigenvalue weighted by Gasteiger charge is -2.16. The lowest BCUT2D eigenvalue weighted by atomic mass is 10.0. The van der Waals surface area contributed by atoms with Gasteiger partial charge in [0.25, 0.3) is 11.8 Å². The van der Waals surface area contributed by atoms with Crippen molar-refractivity contribution in [3.8, 4) is 5.69 Å². The molecule has 1 aromatic carbocycles. The number of hydrogen-bond donors (Lipinski definition) is 3. The summed E-state index contributed by atoms with van der Waals surface area (Å²) in [6, 6.07) is 9.87. The fraction of sp³-hybridized carbons (Fsp3) is 0.111. The second kappa shape index (κ2) is 7.47. The van der Waals surface area contributed by atoms with Crippen molar-refractivity contribution in [2.75, 3.05) is 0 Å². The average Bonchev–Trinajstić information content (AvgIpc) is 3.32. The molecular weight excluding hydrogens is 334 g/mol. The zero-order chi connectivity index (χ0) is 18.5. The number of carbonyl (C=O) groups is 3. The summed E-state index contributed by atoms with van der Waals surface area (Å²) in [5.41, 5.74) is 6.87. The second-order valence-electron chi connectivity index (χ2n) is 5.66. The Hall–Kier alpha value is -3.68. The van der Waals surface area contributed by atoms with E-state index < -0.39 is 23.6 Å². The fourth-order valence-electron chi connectivity index (χ4n) is 2.59. The number of nitrogens with two attached hydrogens (primary N) is 1. The van der Waals surface area contributed by atoms with E-state index in [4.69, 9.17) is 5.73 Å². The van der Waals surface area contributed by atoms with Gasteiger partial charge in [-0.3, -0.25) is 19.0 Å². The number of hydrogen-bond acceptors (Lipinski definition) is 4. The summed E-state index contributed by atoms with van der Waals surface area (Å²) in [5, 5.41) is 2.58. The quantitative estimate of drug-likeness (QED) is 0.539. The molecule has 0 bridgehead atoms. The number of nitrogens with one attached hydrogen (secondary N) is 2. The molecule has 3 rings (SSSR count). The van der Waals surface area contributed by atoms with Gasteiger partial charge in [0.05, 0.1) is 12.5 Å². The number of rotatable bonds is 7. The molecule has 0 fully saturated rings. The van der Waals surface area contributed by atoms with Crippen molar-refractivity contribution >= 4 is 17.6 Å². The Labute approximate surface area is 149 Å². The Kier molecular flexibility index (Phi) is 4.93. The van der Waals surface area contributed by atoms with E-state index >= 15 is 0 Å². The van der Waals surface area contributed by atoms with Gasteiger partial charge < -0.3 is 16.0 Å². The van der Waals surface area contributed by atoms with E-state index in [1.165, 1.54) is 12.5 Å². The largest absolute Gasteiger partial charge is 0.367 e. The average molecular weight is 351 g/mol. The van der Waals surface area contributed by atoms with Gasteiger partial charge in [0.15, 0.2) is 0 Å². The number of H-pyrrole nitrogens is 1. The molecule has 0 aliphatic carbocycles. The molecule has 26 heavy (non-hydrogen) atoms. The number of benzene rings is 1. The van der Waals surface area contributed by atoms with Crippen LogP contribution in [0, 0.1) is 0 Å². The minimum absolute atomic E-state index is 0.149. The van der Waals surface area contributed by atoms with Gasteiger partial charge in [-0.25, -0.2) is 4.98 Å². The molecule has 2 amide bonds. The second-order valence-corrected chi connectivity index (χ2v) is 5.66. The smallest absolute Gasteiger partial charge is 0.287 e. The number of imidazole rings is 1. The molecule has 1 atom stereocenters. The SMILES string of the molecule is NC(=O)C(=O)C(Cc1cc[nH]c1)NC(=O)c1cncn1-c1ccccc1. The topological polar surface area (TPSA) is 123 Å². The van der Waals surface area contributed by atoms with Gasteiger partial charge in [-0.2, -0.15) is 0 Å². The third-order valence-corrected chi connectivity index (χ3v) is 3.87. The van der Waals surface area contributed by atoms with Gasteiger partial charge in [0.1, 0.15) is 11.7 Å². The Morgan fingerprint density at radius 1 is 1.19 bits per heavy atom. The maximum absolute atomic E-state index is 12.7. The van der Waals surface area contributed by atoms with Gasteiger partial charge in [-0.1, -0.05) is 18.2 Å². The lowest BCUT2D eigenvalue weighted by molar-refractivity contribution is -0.137. The summed E-state index contributed by atoms with van der Waals surface area (Å²) in [4.78, 5) is 43.0. The van der Waals surface area contributed by atoms with Crippen molar-refractivity contribution in [1.82, 2.24) is 19.9 Å². The minimum atomic E-state index is -1.09. The zero-order valence-corrected chi connectivity index (χ0v) is 13.8. The van der Waals surface area contributed by atoms with Crippen LogP contribution in [0.4, 0.5) is 0 Å². The summed E-state index contributed by atoms with van der Waals surface area (Å²) in [6.45, 7) is 0. The van der Waals surface area contributed by atoms with Gasteiger partial charge in [-0.05, 0) is 23.8 Å². The van der Waals surface area contributed by atoms with Crippen molar-refractivity contribution in [2.24, 2.45) is 5.73 Å². The van der Waals surface area contributed by atoms with Gasteiger partial charge in [0, 0.05) is 24.5 Å². The number of amides is 2. The fourth-order valence-corrected chi connectivity index (χ4v) is 2.59. The number of nitrogens with zero attached hydrogens (tertiary/aromatic N) is 2. The van der Waals surface area contributed by atoms with Crippen LogP contribution in [0.5, 0.6) is 0 Å². The van der Waals surface area contributed by atoms with Crippen LogP contribution in [0.3, 0.4) is 0 Å². The molecule has 132 valence electrons. The first kappa shape index (κ1) is 17.2. The van der Waals surface area contributed by atoms with E-state index in [9.17, 15) is 14.4 Å². The first-order chi connectivity index (χ1) is 12.6. The molecule has 0 aliphatic rings. The van der Waals surface area contributed by atoms with Crippen molar-refractivity contribution in [3.05, 3.63) is 72.6 Å². The van der Waals surface area contributed by atoms with Crippen LogP contribution < -0.4 is 11.1 Å². The van der Waals surface area contributed by atoms with Gasteiger partial charge in [-0.15, -0.1) is 0 Å². The van der Waals surface area contributed by atoms with Crippen LogP contribution in [0.15, 0.2) is 61.3 Å². The predicted octanol–water partition coefficient (Wildman–Crippen LogP) is 0.596. The minimum Gasteiger partial charge on any atom is -0.367 e. The standard InChI is InChI=1S/C18H17N5O3/c19-17(25)16(24)14(8-12-6-7-20-9-12)22-18(26)15-10-21-11-23(15)13-4-2-1-3-5-13/h1-7,9-11,14,20H,8H2,(H2,19,25)(H,22,26). The Morgan fingerprint density at radius 2 is 1.96 bits per heavy atom. The van der Waals surface area contributed by atoms with E-state index in [0.29, 0.717) is 0 Å². The van der Waals surface area contributed by atoms with Crippen molar-refractivity contribution in [1.29, 1.82) is 0 Å². The van der Waals surface area contributed by atoms with E-state index in [1.807, 2.05) is 30.3 Å². The van der Waals surface area contributed by atoms with Crippen LogP contribution in [-0.4, -0.2) is 38.2 Å². The molecule has 0 saturated carbocycles. The molecule has 0 spiro atoms. The highest BCUT2D eigenvalue weighted by atomic mass is 16.2. The first-order valence-corrected chi connectivity index (χ1v) is 7.90. The monoisotopic (exact) mass is 351 g/mol. The van der Waals surface area contributed by atoms with Crippen molar-refractivity contribution in [3.63, 3.8) is 0 Å². The molecule has 1 unspecified atom stereocenters. The summed E-state index contributed by atoms with van der Waals surface area (Å²) < 4.78 is 1.59. The van der Waals surface area contributed by atoms with Crippen LogP contribution >= 0.6 is 0 Å². The highest BCUT2D eigenvalue weighted by Gasteiger charge is 2.27. The zero-order valence-electron chi connectivity index (χ0n) is 13.8. The number of primary amides is 1. The Balaban J connectivity index is 1.83. The molecule has 0 aliphatic heterocycles. The van der Waals surface area contributed by atoms with E-state index in [0.717, 1.165) is 11.3 Å². The number of ketones is 1. The van der Waals surface area contributed by atoms with E-state index in [1.54, 1.807) is 23.0 Å². The summed E-state index contributed by atoms with van der Waals surface area (Å²) in [7, 11) is 0. The lowest BCUT2D eigenvalue weighted by Crippen LogP contribution is -2.47. The highest BCUT2D eigenvalue weighted by Crippen LogP contribution is 2.11. The normalized spacial score (nSPS) is 11.7. The van der Waals surface area contributed by atoms with Crippen LogP contribution in [0.1, 0.15) is 16.1 Å². The molecule has 2 heterocycles. The third kappa shape index (κ3) is 3.69. The van der Waals surface area contributed by atoms with E-state index in [-0.39, 0.29) is 12.1 Å². The molecule has 8 heteroatoms.